The van der Waals surface area contributed by atoms with E-state index in [1.807, 2.05) is 18.7 Å². The van der Waals surface area contributed by atoms with Crippen molar-refractivity contribution in [3.05, 3.63) is 51.6 Å². The Bertz CT molecular complexity index is 840. The molecule has 1 aliphatic rings. The Balaban J connectivity index is 1.59. The van der Waals surface area contributed by atoms with E-state index in [1.165, 1.54) is 17.3 Å². The molecule has 3 atom stereocenters. The SMILES string of the molecule is CN=C(NC(C)Cc1c(C)nn(C)c1C)NC1CC1c1c(F)cccc1Cl. The number of nitrogens with one attached hydrogen (secondary N) is 2. The Morgan fingerprint density at radius 1 is 1.44 bits per heavy atom. The van der Waals surface area contributed by atoms with Crippen molar-refractivity contribution in [1.82, 2.24) is 20.4 Å². The van der Waals surface area contributed by atoms with Crippen LogP contribution in [0.5, 0.6) is 0 Å². The number of aromatic nitrogens is 2. The number of halogens is 2. The van der Waals surface area contributed by atoms with Gasteiger partial charge in [0.25, 0.3) is 0 Å². The van der Waals surface area contributed by atoms with Crippen molar-refractivity contribution < 1.29 is 4.39 Å². The topological polar surface area (TPSA) is 54.2 Å². The zero-order valence-corrected chi connectivity index (χ0v) is 17.2. The summed E-state index contributed by atoms with van der Waals surface area (Å²) in [5, 5.41) is 11.8. The van der Waals surface area contributed by atoms with Crippen LogP contribution in [0.25, 0.3) is 0 Å². The van der Waals surface area contributed by atoms with E-state index in [1.54, 1.807) is 19.2 Å². The predicted molar refractivity (Wildman–Crippen MR) is 108 cm³/mol. The summed E-state index contributed by atoms with van der Waals surface area (Å²) in [7, 11) is 3.71. The second kappa shape index (κ2) is 7.89. The summed E-state index contributed by atoms with van der Waals surface area (Å²) in [5.74, 6) is 0.563. The molecule has 1 aromatic carbocycles. The lowest BCUT2D eigenvalue weighted by atomic mass is 10.1. The normalized spacial score (nSPS) is 20.5. The summed E-state index contributed by atoms with van der Waals surface area (Å²) in [5.41, 5.74) is 4.10. The molecule has 2 N–H and O–H groups in total. The lowest BCUT2D eigenvalue weighted by Crippen LogP contribution is -2.44. The van der Waals surface area contributed by atoms with Crippen LogP contribution in [0.15, 0.2) is 23.2 Å². The van der Waals surface area contributed by atoms with Gasteiger partial charge in [0.1, 0.15) is 5.82 Å². The molecule has 5 nitrogen and oxygen atoms in total. The van der Waals surface area contributed by atoms with Crippen LogP contribution >= 0.6 is 11.6 Å². The van der Waals surface area contributed by atoms with Crippen molar-refractivity contribution >= 4 is 17.6 Å². The minimum Gasteiger partial charge on any atom is -0.354 e. The first-order valence-corrected chi connectivity index (χ1v) is 9.62. The van der Waals surface area contributed by atoms with Gasteiger partial charge in [0.2, 0.25) is 0 Å². The molecule has 2 aromatic rings. The molecule has 1 heterocycles. The summed E-state index contributed by atoms with van der Waals surface area (Å²) in [6.45, 7) is 6.24. The standard InChI is InChI=1S/C20H27ClFN5/c1-11(9-14-12(2)26-27(5)13(14)3)24-20(23-4)25-18-10-15(18)19-16(21)7-6-8-17(19)22/h6-8,11,15,18H,9-10H2,1-5H3,(H2,23,24,25). The lowest BCUT2D eigenvalue weighted by molar-refractivity contribution is 0.605. The highest BCUT2D eigenvalue weighted by Crippen LogP contribution is 2.44. The Kier molecular flexibility index (Phi) is 5.75. The van der Waals surface area contributed by atoms with Gasteiger partial charge in [0.05, 0.1) is 5.69 Å². The molecule has 0 amide bonds. The molecule has 0 saturated heterocycles. The zero-order valence-electron chi connectivity index (χ0n) is 16.5. The maximum absolute atomic E-state index is 14.1. The van der Waals surface area contributed by atoms with Crippen LogP contribution in [-0.2, 0) is 13.5 Å². The molecule has 27 heavy (non-hydrogen) atoms. The van der Waals surface area contributed by atoms with Crippen LogP contribution in [0.4, 0.5) is 4.39 Å². The first kappa shape index (κ1) is 19.7. The number of rotatable bonds is 5. The number of hydrogen-bond donors (Lipinski definition) is 2. The van der Waals surface area contributed by atoms with E-state index >= 15 is 0 Å². The molecule has 0 aliphatic heterocycles. The summed E-state index contributed by atoms with van der Waals surface area (Å²) in [6, 6.07) is 5.16. The third kappa shape index (κ3) is 4.26. The van der Waals surface area contributed by atoms with E-state index in [4.69, 9.17) is 11.6 Å². The lowest BCUT2D eigenvalue weighted by Gasteiger charge is -2.18. The van der Waals surface area contributed by atoms with E-state index in [-0.39, 0.29) is 23.8 Å². The van der Waals surface area contributed by atoms with Crippen molar-refractivity contribution in [3.63, 3.8) is 0 Å². The number of aliphatic imine (C=N–C) groups is 1. The fraction of sp³-hybridized carbons (Fsp3) is 0.500. The van der Waals surface area contributed by atoms with Crippen molar-refractivity contribution in [2.24, 2.45) is 12.0 Å². The molecule has 1 aromatic heterocycles. The molecule has 0 radical (unpaired) electrons. The Hall–Kier alpha value is -2.08. The molecule has 1 aliphatic carbocycles. The van der Waals surface area contributed by atoms with Crippen molar-refractivity contribution in [1.29, 1.82) is 0 Å². The van der Waals surface area contributed by atoms with Gasteiger partial charge in [-0.3, -0.25) is 9.67 Å². The second-order valence-electron chi connectivity index (χ2n) is 7.32. The van der Waals surface area contributed by atoms with Gasteiger partial charge in [0.15, 0.2) is 5.96 Å². The Labute approximate surface area is 165 Å². The monoisotopic (exact) mass is 391 g/mol. The summed E-state index contributed by atoms with van der Waals surface area (Å²) in [4.78, 5) is 4.32. The summed E-state index contributed by atoms with van der Waals surface area (Å²) >= 11 is 6.18. The Morgan fingerprint density at radius 3 is 2.78 bits per heavy atom. The van der Waals surface area contributed by atoms with E-state index in [2.05, 4.69) is 34.6 Å². The van der Waals surface area contributed by atoms with Gasteiger partial charge in [-0.1, -0.05) is 17.7 Å². The van der Waals surface area contributed by atoms with Crippen LogP contribution in [0.3, 0.4) is 0 Å². The van der Waals surface area contributed by atoms with Crippen molar-refractivity contribution in [3.8, 4) is 0 Å². The number of nitrogens with zero attached hydrogens (tertiary/aromatic N) is 3. The highest BCUT2D eigenvalue weighted by molar-refractivity contribution is 6.31. The maximum atomic E-state index is 14.1. The third-order valence-electron chi connectivity index (χ3n) is 5.26. The van der Waals surface area contributed by atoms with Gasteiger partial charge < -0.3 is 10.6 Å². The quantitative estimate of drug-likeness (QED) is 0.606. The van der Waals surface area contributed by atoms with Crippen LogP contribution in [-0.4, -0.2) is 34.9 Å². The van der Waals surface area contributed by atoms with Gasteiger partial charge >= 0.3 is 0 Å². The van der Waals surface area contributed by atoms with Crippen LogP contribution in [0.1, 0.15) is 41.8 Å². The summed E-state index contributed by atoms with van der Waals surface area (Å²) in [6.07, 6.45) is 1.70. The number of aryl methyl sites for hydroxylation is 2. The molecule has 3 unspecified atom stereocenters. The molecular formula is C20H27ClFN5. The second-order valence-corrected chi connectivity index (χ2v) is 7.73. The first-order valence-electron chi connectivity index (χ1n) is 9.24. The minimum absolute atomic E-state index is 0.0790. The molecule has 0 bridgehead atoms. The zero-order chi connectivity index (χ0) is 19.7. The third-order valence-corrected chi connectivity index (χ3v) is 5.59. The fourth-order valence-electron chi connectivity index (χ4n) is 3.59. The molecule has 146 valence electrons. The van der Waals surface area contributed by atoms with Gasteiger partial charge in [-0.25, -0.2) is 4.39 Å². The van der Waals surface area contributed by atoms with Crippen LogP contribution < -0.4 is 10.6 Å². The highest BCUT2D eigenvalue weighted by Gasteiger charge is 2.42. The predicted octanol–water partition coefficient (Wildman–Crippen LogP) is 3.48. The minimum atomic E-state index is -0.240. The molecule has 1 saturated carbocycles. The molecule has 7 heteroatoms. The van der Waals surface area contributed by atoms with Crippen molar-refractivity contribution in [2.45, 2.75) is 51.6 Å². The van der Waals surface area contributed by atoms with Crippen LogP contribution in [0.2, 0.25) is 5.02 Å². The van der Waals surface area contributed by atoms with E-state index in [0.717, 1.165) is 24.5 Å². The van der Waals surface area contributed by atoms with Gasteiger partial charge in [-0.15, -0.1) is 0 Å². The molecule has 1 fully saturated rings. The molecular weight excluding hydrogens is 365 g/mol. The smallest absolute Gasteiger partial charge is 0.191 e. The van der Waals surface area contributed by atoms with E-state index in [9.17, 15) is 4.39 Å². The van der Waals surface area contributed by atoms with Crippen LogP contribution in [0, 0.1) is 19.7 Å². The Morgan fingerprint density at radius 2 is 2.19 bits per heavy atom. The number of benzene rings is 1. The molecule has 3 rings (SSSR count). The number of hydrogen-bond acceptors (Lipinski definition) is 2. The van der Waals surface area contributed by atoms with Gasteiger partial charge in [-0.05, 0) is 51.3 Å². The van der Waals surface area contributed by atoms with E-state index < -0.39 is 0 Å². The highest BCUT2D eigenvalue weighted by atomic mass is 35.5. The summed E-state index contributed by atoms with van der Waals surface area (Å²) < 4.78 is 16.0. The fourth-order valence-corrected chi connectivity index (χ4v) is 3.89. The van der Waals surface area contributed by atoms with Crippen molar-refractivity contribution in [2.75, 3.05) is 7.05 Å². The largest absolute Gasteiger partial charge is 0.354 e. The average molecular weight is 392 g/mol. The molecule has 0 spiro atoms. The number of guanidine groups is 1. The van der Waals surface area contributed by atoms with Gasteiger partial charge in [-0.2, -0.15) is 5.10 Å². The van der Waals surface area contributed by atoms with E-state index in [0.29, 0.717) is 10.6 Å². The first-order chi connectivity index (χ1) is 12.8. The average Bonchev–Trinajstić information content (AvgIpc) is 3.31. The maximum Gasteiger partial charge on any atom is 0.191 e. The van der Waals surface area contributed by atoms with Gasteiger partial charge in [0, 0.05) is 48.4 Å².